The third-order valence-electron chi connectivity index (χ3n) is 4.85. The minimum atomic E-state index is -0.240. The van der Waals surface area contributed by atoms with Crippen LogP contribution in [0.25, 0.3) is 0 Å². The number of thiophene rings is 1. The van der Waals surface area contributed by atoms with Gasteiger partial charge >= 0.3 is 0 Å². The second kappa shape index (κ2) is 6.70. The molecule has 4 heterocycles. The Bertz CT molecular complexity index is 667. The molecular formula is C18H22N2O3S. The lowest BCUT2D eigenvalue weighted by Crippen LogP contribution is -2.60. The van der Waals surface area contributed by atoms with Gasteiger partial charge in [-0.1, -0.05) is 6.07 Å². The highest BCUT2D eigenvalue weighted by Gasteiger charge is 2.42. The van der Waals surface area contributed by atoms with Crippen molar-refractivity contribution >= 4 is 17.2 Å². The number of furan rings is 1. The highest BCUT2D eigenvalue weighted by atomic mass is 32.1. The number of carbonyl (C=O) groups excluding carboxylic acids is 1. The first-order chi connectivity index (χ1) is 11.7. The Kier molecular flexibility index (Phi) is 4.43. The second-order valence-electron chi connectivity index (χ2n) is 6.63. The van der Waals surface area contributed by atoms with E-state index in [9.17, 15) is 4.79 Å². The molecule has 2 aliphatic heterocycles. The van der Waals surface area contributed by atoms with Gasteiger partial charge < -0.3 is 14.1 Å². The molecule has 1 atom stereocenters. The SMILES string of the molecule is O=C(c1ccco1)N1CCCC2(CN(Cc3cccs3)CCO2)C1. The molecule has 0 bridgehead atoms. The molecule has 1 amide bonds. The first-order valence-electron chi connectivity index (χ1n) is 8.46. The van der Waals surface area contributed by atoms with Crippen molar-refractivity contribution in [2.45, 2.75) is 25.0 Å². The Hall–Kier alpha value is -1.63. The van der Waals surface area contributed by atoms with E-state index in [0.717, 1.165) is 45.6 Å². The molecule has 2 aromatic rings. The number of nitrogens with zero attached hydrogens (tertiary/aromatic N) is 2. The van der Waals surface area contributed by atoms with Gasteiger partial charge in [-0.3, -0.25) is 9.69 Å². The highest BCUT2D eigenvalue weighted by Crippen LogP contribution is 2.30. The topological polar surface area (TPSA) is 45.9 Å². The molecule has 2 fully saturated rings. The van der Waals surface area contributed by atoms with E-state index >= 15 is 0 Å². The number of likely N-dealkylation sites (tertiary alicyclic amines) is 1. The summed E-state index contributed by atoms with van der Waals surface area (Å²) >= 11 is 1.80. The summed E-state index contributed by atoms with van der Waals surface area (Å²) in [6.07, 6.45) is 3.53. The van der Waals surface area contributed by atoms with Gasteiger partial charge in [0, 0.05) is 31.1 Å². The van der Waals surface area contributed by atoms with Gasteiger partial charge in [0.1, 0.15) is 0 Å². The normalized spacial score (nSPS) is 25.2. The number of amides is 1. The zero-order valence-electron chi connectivity index (χ0n) is 13.6. The van der Waals surface area contributed by atoms with Crippen molar-refractivity contribution in [1.82, 2.24) is 9.80 Å². The standard InChI is InChI=1S/C18H22N2O3S/c21-17(16-5-1-9-22-16)20-7-3-6-18(14-20)13-19(8-10-23-18)12-15-4-2-11-24-15/h1-2,4-5,9,11H,3,6-8,10,12-14H2. The van der Waals surface area contributed by atoms with E-state index in [2.05, 4.69) is 22.4 Å². The van der Waals surface area contributed by atoms with Gasteiger partial charge in [0.15, 0.2) is 5.76 Å². The van der Waals surface area contributed by atoms with E-state index in [1.165, 1.54) is 4.88 Å². The van der Waals surface area contributed by atoms with Crippen LogP contribution in [-0.2, 0) is 11.3 Å². The molecule has 2 aromatic heterocycles. The molecule has 24 heavy (non-hydrogen) atoms. The summed E-state index contributed by atoms with van der Waals surface area (Å²) < 4.78 is 11.5. The minimum absolute atomic E-state index is 0.0296. The average molecular weight is 346 g/mol. The van der Waals surface area contributed by atoms with E-state index in [4.69, 9.17) is 9.15 Å². The quantitative estimate of drug-likeness (QED) is 0.857. The molecule has 0 saturated carbocycles. The lowest BCUT2D eigenvalue weighted by molar-refractivity contribution is -0.136. The summed E-state index contributed by atoms with van der Waals surface area (Å²) in [4.78, 5) is 18.3. The first-order valence-corrected chi connectivity index (χ1v) is 9.34. The molecular weight excluding hydrogens is 324 g/mol. The van der Waals surface area contributed by atoms with Crippen LogP contribution in [0.1, 0.15) is 28.3 Å². The first kappa shape index (κ1) is 15.9. The summed E-state index contributed by atoms with van der Waals surface area (Å²) in [5.41, 5.74) is -0.240. The van der Waals surface area contributed by atoms with E-state index < -0.39 is 0 Å². The lowest BCUT2D eigenvalue weighted by atomic mass is 9.90. The average Bonchev–Trinajstić information content (AvgIpc) is 3.28. The van der Waals surface area contributed by atoms with Crippen LogP contribution in [0.15, 0.2) is 40.3 Å². The molecule has 1 unspecified atom stereocenters. The van der Waals surface area contributed by atoms with Gasteiger partial charge in [0.2, 0.25) is 0 Å². The maximum absolute atomic E-state index is 12.6. The number of ether oxygens (including phenoxy) is 1. The van der Waals surface area contributed by atoms with Gasteiger partial charge in [0.25, 0.3) is 5.91 Å². The minimum Gasteiger partial charge on any atom is -0.459 e. The predicted octanol–water partition coefficient (Wildman–Crippen LogP) is 2.85. The van der Waals surface area contributed by atoms with E-state index in [0.29, 0.717) is 12.3 Å². The smallest absolute Gasteiger partial charge is 0.289 e. The van der Waals surface area contributed by atoms with Crippen LogP contribution in [0.3, 0.4) is 0 Å². The van der Waals surface area contributed by atoms with E-state index in [1.807, 2.05) is 4.90 Å². The summed E-state index contributed by atoms with van der Waals surface area (Å²) in [7, 11) is 0. The van der Waals surface area contributed by atoms with Crippen molar-refractivity contribution < 1.29 is 13.9 Å². The van der Waals surface area contributed by atoms with Crippen LogP contribution in [0.2, 0.25) is 0 Å². The summed E-state index contributed by atoms with van der Waals surface area (Å²) in [6, 6.07) is 7.77. The van der Waals surface area contributed by atoms with Crippen molar-refractivity contribution in [1.29, 1.82) is 0 Å². The summed E-state index contributed by atoms with van der Waals surface area (Å²) in [6.45, 7) is 4.95. The number of carbonyl (C=O) groups is 1. The Morgan fingerprint density at radius 3 is 3.00 bits per heavy atom. The van der Waals surface area contributed by atoms with Crippen molar-refractivity contribution in [2.75, 3.05) is 32.8 Å². The van der Waals surface area contributed by atoms with Crippen LogP contribution in [-0.4, -0.2) is 54.1 Å². The van der Waals surface area contributed by atoms with Crippen molar-refractivity contribution in [3.63, 3.8) is 0 Å². The zero-order valence-corrected chi connectivity index (χ0v) is 14.5. The van der Waals surface area contributed by atoms with Crippen molar-refractivity contribution in [3.8, 4) is 0 Å². The highest BCUT2D eigenvalue weighted by molar-refractivity contribution is 7.09. The molecule has 4 rings (SSSR count). The third-order valence-corrected chi connectivity index (χ3v) is 5.71. The number of hydrogen-bond donors (Lipinski definition) is 0. The van der Waals surface area contributed by atoms with Gasteiger partial charge in [-0.2, -0.15) is 0 Å². The van der Waals surface area contributed by atoms with Crippen LogP contribution < -0.4 is 0 Å². The van der Waals surface area contributed by atoms with Gasteiger partial charge in [-0.25, -0.2) is 0 Å². The van der Waals surface area contributed by atoms with E-state index in [-0.39, 0.29) is 11.5 Å². The van der Waals surface area contributed by atoms with Gasteiger partial charge in [0.05, 0.1) is 25.0 Å². The van der Waals surface area contributed by atoms with E-state index in [1.54, 1.807) is 29.7 Å². The second-order valence-corrected chi connectivity index (χ2v) is 7.66. The number of morpholine rings is 1. The molecule has 128 valence electrons. The molecule has 2 aliphatic rings. The zero-order chi connectivity index (χ0) is 16.4. The third kappa shape index (κ3) is 3.27. The molecule has 5 nitrogen and oxygen atoms in total. The lowest BCUT2D eigenvalue weighted by Gasteiger charge is -2.47. The molecule has 1 spiro atoms. The fraction of sp³-hybridized carbons (Fsp3) is 0.500. The Labute approximate surface area is 145 Å². The molecule has 0 N–H and O–H groups in total. The van der Waals surface area contributed by atoms with Crippen molar-refractivity contribution in [2.24, 2.45) is 0 Å². The maximum atomic E-state index is 12.6. The van der Waals surface area contributed by atoms with Crippen LogP contribution in [0.5, 0.6) is 0 Å². The monoisotopic (exact) mass is 346 g/mol. The molecule has 0 aliphatic carbocycles. The Balaban J connectivity index is 1.44. The summed E-state index contributed by atoms with van der Waals surface area (Å²) in [5.74, 6) is 0.386. The number of hydrogen-bond acceptors (Lipinski definition) is 5. The number of piperidine rings is 1. The predicted molar refractivity (Wildman–Crippen MR) is 92.1 cm³/mol. The fourth-order valence-corrected chi connectivity index (χ4v) is 4.50. The maximum Gasteiger partial charge on any atom is 0.289 e. The number of rotatable bonds is 3. The van der Waals surface area contributed by atoms with Crippen LogP contribution in [0, 0.1) is 0 Å². The summed E-state index contributed by atoms with van der Waals surface area (Å²) in [5, 5.41) is 2.12. The molecule has 0 radical (unpaired) electrons. The Morgan fingerprint density at radius 2 is 2.21 bits per heavy atom. The largest absolute Gasteiger partial charge is 0.459 e. The van der Waals surface area contributed by atoms with Crippen LogP contribution in [0.4, 0.5) is 0 Å². The van der Waals surface area contributed by atoms with Gasteiger partial charge in [-0.15, -0.1) is 11.3 Å². The van der Waals surface area contributed by atoms with Gasteiger partial charge in [-0.05, 0) is 36.4 Å². The molecule has 2 saturated heterocycles. The molecule has 0 aromatic carbocycles. The van der Waals surface area contributed by atoms with Crippen LogP contribution >= 0.6 is 11.3 Å². The molecule has 6 heteroatoms. The van der Waals surface area contributed by atoms with Crippen molar-refractivity contribution in [3.05, 3.63) is 46.5 Å². The fourth-order valence-electron chi connectivity index (χ4n) is 3.76. The Morgan fingerprint density at radius 1 is 1.25 bits per heavy atom.